The van der Waals surface area contributed by atoms with Crippen LogP contribution in [0, 0.1) is 26.0 Å². The Kier molecular flexibility index (Phi) is 6.70. The SMILES string of the molecule is Cc1cccc(C)c1-c1nnc2c3[c-]c(Oc4[c-]c5c(cc4)c4ccccc4n5-c4ccccn4)ccc3c3ccccc3n12.[Pt+2]. The number of aryl methyl sites for hydroxylation is 2. The molecule has 0 fully saturated rings. The summed E-state index contributed by atoms with van der Waals surface area (Å²) in [7, 11) is 0. The summed E-state index contributed by atoms with van der Waals surface area (Å²) < 4.78 is 10.7. The molecule has 4 aromatic heterocycles. The van der Waals surface area contributed by atoms with Crippen LogP contribution in [-0.2, 0) is 21.1 Å². The molecular formula is C39H25N5OPt. The fraction of sp³-hybridized carbons (Fsp3) is 0.0513. The van der Waals surface area contributed by atoms with E-state index in [4.69, 9.17) is 14.9 Å². The van der Waals surface area contributed by atoms with E-state index >= 15 is 0 Å². The number of fused-ring (bicyclic) bond motifs is 9. The molecule has 6 nitrogen and oxygen atoms in total. The van der Waals surface area contributed by atoms with E-state index < -0.39 is 0 Å². The van der Waals surface area contributed by atoms with Gasteiger partial charge in [-0.2, -0.15) is 11.2 Å². The zero-order chi connectivity index (χ0) is 30.1. The van der Waals surface area contributed by atoms with Gasteiger partial charge in [-0.3, -0.25) is 0 Å². The number of nitrogens with zero attached hydrogens (tertiary/aromatic N) is 5. The summed E-state index contributed by atoms with van der Waals surface area (Å²) in [6, 6.07) is 44.1. The first kappa shape index (κ1) is 28.2. The van der Waals surface area contributed by atoms with Gasteiger partial charge in [0.15, 0.2) is 5.82 Å². The molecule has 0 spiro atoms. The maximum atomic E-state index is 6.47. The smallest absolute Gasteiger partial charge is 0.503 e. The fourth-order valence-electron chi connectivity index (χ4n) is 6.61. The van der Waals surface area contributed by atoms with E-state index in [1.807, 2.05) is 36.4 Å². The predicted molar refractivity (Wildman–Crippen MR) is 179 cm³/mol. The number of hydrogen-bond acceptors (Lipinski definition) is 4. The average Bonchev–Trinajstić information content (AvgIpc) is 3.65. The molecule has 7 heteroatoms. The summed E-state index contributed by atoms with van der Waals surface area (Å²) in [6.45, 7) is 4.23. The van der Waals surface area contributed by atoms with E-state index in [2.05, 4.69) is 113 Å². The summed E-state index contributed by atoms with van der Waals surface area (Å²) in [5.74, 6) is 2.81. The van der Waals surface area contributed by atoms with Crippen molar-refractivity contribution in [2.75, 3.05) is 0 Å². The van der Waals surface area contributed by atoms with Crippen LogP contribution in [0.2, 0.25) is 0 Å². The van der Waals surface area contributed by atoms with Crippen LogP contribution in [0.5, 0.6) is 11.5 Å². The van der Waals surface area contributed by atoms with Crippen LogP contribution in [0.4, 0.5) is 0 Å². The van der Waals surface area contributed by atoms with E-state index in [1.54, 1.807) is 6.20 Å². The van der Waals surface area contributed by atoms with Gasteiger partial charge in [0.25, 0.3) is 0 Å². The largest absolute Gasteiger partial charge is 2.00 e. The standard InChI is InChI=1S/C39H25N5O.Pt/c1-24-10-9-11-25(2)37(24)39-42-41-38-32-22-26(17-19-28(32)29-12-3-6-15-34(29)44(38)39)45-27-18-20-31-30-13-4-5-14-33(30)43(35(31)23-27)36-16-7-8-21-40-36;/h3-21H,1-2H3;/q-2;+2. The van der Waals surface area contributed by atoms with E-state index in [1.165, 1.54) is 0 Å². The Morgan fingerprint density at radius 1 is 0.609 bits per heavy atom. The summed E-state index contributed by atoms with van der Waals surface area (Å²) in [6.07, 6.45) is 1.81. The van der Waals surface area contributed by atoms with Crippen molar-refractivity contribution >= 4 is 49.1 Å². The minimum absolute atomic E-state index is 0. The Hall–Kier alpha value is -5.32. The van der Waals surface area contributed by atoms with Crippen LogP contribution in [0.1, 0.15) is 11.1 Å². The average molecular weight is 775 g/mol. The Morgan fingerprint density at radius 2 is 1.28 bits per heavy atom. The molecule has 0 aliphatic heterocycles. The molecule has 46 heavy (non-hydrogen) atoms. The van der Waals surface area contributed by atoms with Crippen LogP contribution in [0.3, 0.4) is 0 Å². The Balaban J connectivity index is 0.00000312. The molecule has 0 unspecified atom stereocenters. The zero-order valence-electron chi connectivity index (χ0n) is 24.9. The van der Waals surface area contributed by atoms with Crippen LogP contribution < -0.4 is 4.74 Å². The topological polar surface area (TPSA) is 57.2 Å². The molecule has 0 N–H and O–H groups in total. The maximum absolute atomic E-state index is 6.47. The number of benzene rings is 5. The first-order valence-corrected chi connectivity index (χ1v) is 14.9. The van der Waals surface area contributed by atoms with Gasteiger partial charge in [-0.25, -0.2) is 4.98 Å². The van der Waals surface area contributed by atoms with E-state index in [0.29, 0.717) is 11.5 Å². The molecule has 0 aliphatic rings. The van der Waals surface area contributed by atoms with Crippen molar-refractivity contribution in [3.63, 3.8) is 0 Å². The summed E-state index contributed by atoms with van der Waals surface area (Å²) >= 11 is 0. The molecule has 4 heterocycles. The molecule has 5 aromatic carbocycles. The van der Waals surface area contributed by atoms with Gasteiger partial charge in [0, 0.05) is 34.3 Å². The second-order valence-electron chi connectivity index (χ2n) is 11.3. The number of ether oxygens (including phenoxy) is 1. The van der Waals surface area contributed by atoms with Crippen LogP contribution >= 0.6 is 0 Å². The van der Waals surface area contributed by atoms with Crippen LogP contribution in [0.15, 0.2) is 115 Å². The first-order chi connectivity index (χ1) is 22.2. The quantitative estimate of drug-likeness (QED) is 0.132. The molecular weight excluding hydrogens is 750 g/mol. The molecule has 222 valence electrons. The fourth-order valence-corrected chi connectivity index (χ4v) is 6.61. The van der Waals surface area contributed by atoms with Crippen molar-refractivity contribution in [2.45, 2.75) is 13.8 Å². The van der Waals surface area contributed by atoms with E-state index in [9.17, 15) is 0 Å². The molecule has 0 atom stereocenters. The van der Waals surface area contributed by atoms with Crippen molar-refractivity contribution in [1.82, 2.24) is 24.1 Å². The molecule has 0 amide bonds. The molecule has 0 saturated carbocycles. The van der Waals surface area contributed by atoms with Crippen molar-refractivity contribution in [1.29, 1.82) is 0 Å². The van der Waals surface area contributed by atoms with Crippen molar-refractivity contribution < 1.29 is 25.8 Å². The van der Waals surface area contributed by atoms with Gasteiger partial charge in [-0.05, 0) is 60.0 Å². The Morgan fingerprint density at radius 3 is 2.04 bits per heavy atom. The number of para-hydroxylation sites is 2. The maximum Gasteiger partial charge on any atom is 2.00 e. The monoisotopic (exact) mass is 774 g/mol. The number of hydrogen-bond donors (Lipinski definition) is 0. The molecule has 0 aliphatic carbocycles. The van der Waals surface area contributed by atoms with Crippen LogP contribution in [-0.4, -0.2) is 24.1 Å². The van der Waals surface area contributed by atoms with Crippen molar-refractivity contribution in [3.05, 3.63) is 139 Å². The van der Waals surface area contributed by atoms with Crippen LogP contribution in [0.25, 0.3) is 66.3 Å². The van der Waals surface area contributed by atoms with Gasteiger partial charge in [0.1, 0.15) is 5.82 Å². The molecule has 9 rings (SSSR count). The van der Waals surface area contributed by atoms with Gasteiger partial charge in [0.2, 0.25) is 0 Å². The second-order valence-corrected chi connectivity index (χ2v) is 11.3. The predicted octanol–water partition coefficient (Wildman–Crippen LogP) is 9.20. The normalized spacial score (nSPS) is 11.5. The first-order valence-electron chi connectivity index (χ1n) is 14.9. The number of pyridine rings is 2. The molecule has 9 aromatic rings. The minimum atomic E-state index is 0. The molecule has 0 radical (unpaired) electrons. The number of aromatic nitrogens is 5. The third-order valence-electron chi connectivity index (χ3n) is 8.60. The third kappa shape index (κ3) is 4.25. The van der Waals surface area contributed by atoms with Gasteiger partial charge >= 0.3 is 21.1 Å². The van der Waals surface area contributed by atoms with E-state index in [0.717, 1.165) is 77.5 Å². The van der Waals surface area contributed by atoms with Gasteiger partial charge < -0.3 is 13.7 Å². The summed E-state index contributed by atoms with van der Waals surface area (Å²) in [5, 5.41) is 14.7. The number of rotatable bonds is 4. The Labute approximate surface area is 279 Å². The molecule has 0 bridgehead atoms. The van der Waals surface area contributed by atoms with E-state index in [-0.39, 0.29) is 21.1 Å². The van der Waals surface area contributed by atoms with Gasteiger partial charge in [-0.15, -0.1) is 34.8 Å². The van der Waals surface area contributed by atoms with Gasteiger partial charge in [0.05, 0.1) is 5.65 Å². The zero-order valence-corrected chi connectivity index (χ0v) is 27.2. The summed E-state index contributed by atoms with van der Waals surface area (Å²) in [4.78, 5) is 4.64. The van der Waals surface area contributed by atoms with Crippen molar-refractivity contribution in [2.24, 2.45) is 0 Å². The van der Waals surface area contributed by atoms with Crippen molar-refractivity contribution in [3.8, 4) is 28.7 Å². The minimum Gasteiger partial charge on any atom is -0.503 e. The third-order valence-corrected chi connectivity index (χ3v) is 8.60. The molecule has 0 saturated heterocycles. The Bertz CT molecular complexity index is 2580. The second kappa shape index (κ2) is 10.9. The summed E-state index contributed by atoms with van der Waals surface area (Å²) in [5.41, 5.74) is 7.16. The van der Waals surface area contributed by atoms with Gasteiger partial charge in [-0.1, -0.05) is 83.0 Å².